The van der Waals surface area contributed by atoms with Gasteiger partial charge in [0, 0.05) is 19.1 Å². The maximum atomic E-state index is 12.3. The summed E-state index contributed by atoms with van der Waals surface area (Å²) in [7, 11) is 0. The predicted octanol–water partition coefficient (Wildman–Crippen LogP) is 2.35. The lowest BCUT2D eigenvalue weighted by molar-refractivity contribution is -0.153. The second-order valence-electron chi connectivity index (χ2n) is 5.61. The first-order chi connectivity index (χ1) is 11.4. The maximum absolute atomic E-state index is 12.3. The minimum absolute atomic E-state index is 0.00780. The first-order valence-corrected chi connectivity index (χ1v) is 7.81. The number of likely N-dealkylation sites (tertiary alicyclic amines) is 1. The molecule has 8 heteroatoms. The second kappa shape index (κ2) is 8.23. The Bertz CT molecular complexity index is 552. The van der Waals surface area contributed by atoms with Crippen LogP contribution in [0.2, 0.25) is 0 Å². The van der Waals surface area contributed by atoms with Gasteiger partial charge in [0.05, 0.1) is 0 Å². The molecule has 0 saturated carbocycles. The molecular formula is C16H21F3N2O3. The normalized spacial score (nSPS) is 18.3. The number of amides is 1. The molecule has 24 heavy (non-hydrogen) atoms. The standard InChI is InChI=1S/C16H21F3N2O3/c17-16(18,19)11-24-14-7-2-1-6-13(14)23-10-15(22)21-8-4-3-5-12(21)9-20/h1-2,6-7,12H,3-5,8-11,20H2/t12-/m1/s1. The SMILES string of the molecule is NC[C@H]1CCCCN1C(=O)COc1ccccc1OCC(F)(F)F. The van der Waals surface area contributed by atoms with Crippen LogP contribution in [-0.4, -0.2) is 49.3 Å². The van der Waals surface area contributed by atoms with Gasteiger partial charge in [-0.05, 0) is 31.4 Å². The summed E-state index contributed by atoms with van der Waals surface area (Å²) in [6.45, 7) is -0.668. The fraction of sp³-hybridized carbons (Fsp3) is 0.562. The number of para-hydroxylation sites is 2. The number of hydrogen-bond acceptors (Lipinski definition) is 4. The number of alkyl halides is 3. The molecule has 0 unspecified atom stereocenters. The number of nitrogens with zero attached hydrogens (tertiary/aromatic N) is 1. The van der Waals surface area contributed by atoms with Crippen molar-refractivity contribution in [3.05, 3.63) is 24.3 Å². The maximum Gasteiger partial charge on any atom is 0.422 e. The highest BCUT2D eigenvalue weighted by Gasteiger charge is 2.29. The number of nitrogens with two attached hydrogens (primary N) is 1. The molecule has 0 aliphatic carbocycles. The number of ether oxygens (including phenoxy) is 2. The van der Waals surface area contributed by atoms with Crippen LogP contribution in [-0.2, 0) is 4.79 Å². The Kier molecular flexibility index (Phi) is 6.30. The van der Waals surface area contributed by atoms with Crippen molar-refractivity contribution in [2.45, 2.75) is 31.5 Å². The number of carbonyl (C=O) groups excluding carboxylic acids is 1. The van der Waals surface area contributed by atoms with Gasteiger partial charge in [-0.1, -0.05) is 12.1 Å². The molecule has 1 aromatic carbocycles. The van der Waals surface area contributed by atoms with Crippen LogP contribution in [0.25, 0.3) is 0 Å². The number of halogens is 3. The van der Waals surface area contributed by atoms with Gasteiger partial charge in [0.25, 0.3) is 5.91 Å². The van der Waals surface area contributed by atoms with Gasteiger partial charge in [0.2, 0.25) is 0 Å². The number of benzene rings is 1. The summed E-state index contributed by atoms with van der Waals surface area (Å²) in [5.74, 6) is -0.163. The van der Waals surface area contributed by atoms with E-state index < -0.39 is 12.8 Å². The van der Waals surface area contributed by atoms with Crippen molar-refractivity contribution >= 4 is 5.91 Å². The largest absolute Gasteiger partial charge is 0.480 e. The van der Waals surface area contributed by atoms with Gasteiger partial charge in [-0.2, -0.15) is 13.2 Å². The smallest absolute Gasteiger partial charge is 0.422 e. The molecule has 1 atom stereocenters. The Morgan fingerprint density at radius 3 is 2.50 bits per heavy atom. The topological polar surface area (TPSA) is 64.8 Å². The molecule has 1 saturated heterocycles. The minimum Gasteiger partial charge on any atom is -0.480 e. The predicted molar refractivity (Wildman–Crippen MR) is 81.9 cm³/mol. The lowest BCUT2D eigenvalue weighted by atomic mass is 10.0. The van der Waals surface area contributed by atoms with Crippen LogP contribution in [0.1, 0.15) is 19.3 Å². The molecule has 0 radical (unpaired) electrons. The summed E-state index contributed by atoms with van der Waals surface area (Å²) in [4.78, 5) is 14.0. The van der Waals surface area contributed by atoms with Gasteiger partial charge >= 0.3 is 6.18 Å². The summed E-state index contributed by atoms with van der Waals surface area (Å²) < 4.78 is 46.9. The summed E-state index contributed by atoms with van der Waals surface area (Å²) in [6, 6.07) is 5.97. The van der Waals surface area contributed by atoms with Gasteiger partial charge in [-0.3, -0.25) is 4.79 Å². The molecule has 134 valence electrons. The van der Waals surface area contributed by atoms with E-state index in [0.29, 0.717) is 13.1 Å². The Morgan fingerprint density at radius 1 is 1.21 bits per heavy atom. The first-order valence-electron chi connectivity index (χ1n) is 7.81. The fourth-order valence-electron chi connectivity index (χ4n) is 2.64. The average molecular weight is 346 g/mol. The van der Waals surface area contributed by atoms with Crippen LogP contribution in [0.15, 0.2) is 24.3 Å². The van der Waals surface area contributed by atoms with Gasteiger partial charge in [-0.25, -0.2) is 0 Å². The van der Waals surface area contributed by atoms with E-state index in [1.165, 1.54) is 18.2 Å². The molecule has 0 aromatic heterocycles. The van der Waals surface area contributed by atoms with Crippen LogP contribution in [0, 0.1) is 0 Å². The number of carbonyl (C=O) groups is 1. The lowest BCUT2D eigenvalue weighted by Crippen LogP contribution is -2.49. The van der Waals surface area contributed by atoms with E-state index in [1.807, 2.05) is 0 Å². The molecule has 2 N–H and O–H groups in total. The van der Waals surface area contributed by atoms with Crippen LogP contribution in [0.5, 0.6) is 11.5 Å². The molecule has 1 aliphatic heterocycles. The number of rotatable bonds is 6. The molecule has 0 spiro atoms. The van der Waals surface area contributed by atoms with Crippen molar-refractivity contribution in [3.63, 3.8) is 0 Å². The molecule has 0 bridgehead atoms. The zero-order valence-corrected chi connectivity index (χ0v) is 13.2. The molecule has 1 aliphatic rings. The summed E-state index contributed by atoms with van der Waals surface area (Å²) in [5, 5.41) is 0. The van der Waals surface area contributed by atoms with E-state index >= 15 is 0 Å². The molecular weight excluding hydrogens is 325 g/mol. The first kappa shape index (κ1) is 18.4. The number of hydrogen-bond donors (Lipinski definition) is 1. The van der Waals surface area contributed by atoms with Crippen molar-refractivity contribution in [1.29, 1.82) is 0 Å². The Labute approximate surface area is 138 Å². The fourth-order valence-corrected chi connectivity index (χ4v) is 2.64. The molecule has 5 nitrogen and oxygen atoms in total. The molecule has 1 fully saturated rings. The van der Waals surface area contributed by atoms with Crippen LogP contribution < -0.4 is 15.2 Å². The van der Waals surface area contributed by atoms with Crippen LogP contribution >= 0.6 is 0 Å². The molecule has 2 rings (SSSR count). The van der Waals surface area contributed by atoms with Crippen LogP contribution in [0.4, 0.5) is 13.2 Å². The third kappa shape index (κ3) is 5.30. The lowest BCUT2D eigenvalue weighted by Gasteiger charge is -2.35. The van der Waals surface area contributed by atoms with Crippen LogP contribution in [0.3, 0.4) is 0 Å². The van der Waals surface area contributed by atoms with Crippen molar-refractivity contribution in [2.75, 3.05) is 26.3 Å². The summed E-state index contributed by atoms with van der Waals surface area (Å²) >= 11 is 0. The zero-order chi connectivity index (χ0) is 17.6. The zero-order valence-electron chi connectivity index (χ0n) is 13.2. The van der Waals surface area contributed by atoms with Gasteiger partial charge in [0.1, 0.15) is 0 Å². The monoisotopic (exact) mass is 346 g/mol. The average Bonchev–Trinajstić information content (AvgIpc) is 2.57. The minimum atomic E-state index is -4.44. The van der Waals surface area contributed by atoms with Crippen molar-refractivity contribution < 1.29 is 27.4 Å². The van der Waals surface area contributed by atoms with E-state index in [4.69, 9.17) is 15.2 Å². The van der Waals surface area contributed by atoms with Gasteiger partial charge < -0.3 is 20.1 Å². The van der Waals surface area contributed by atoms with Crippen molar-refractivity contribution in [2.24, 2.45) is 5.73 Å². The Morgan fingerprint density at radius 2 is 1.88 bits per heavy atom. The summed E-state index contributed by atoms with van der Waals surface area (Å²) in [5.41, 5.74) is 5.68. The highest BCUT2D eigenvalue weighted by atomic mass is 19.4. The quantitative estimate of drug-likeness (QED) is 0.859. The third-order valence-corrected chi connectivity index (χ3v) is 3.81. The van der Waals surface area contributed by atoms with Gasteiger partial charge in [-0.15, -0.1) is 0 Å². The van der Waals surface area contributed by atoms with Crippen molar-refractivity contribution in [1.82, 2.24) is 4.90 Å². The second-order valence-corrected chi connectivity index (χ2v) is 5.61. The Balaban J connectivity index is 1.95. The third-order valence-electron chi connectivity index (χ3n) is 3.81. The number of piperidine rings is 1. The molecule has 1 amide bonds. The highest BCUT2D eigenvalue weighted by molar-refractivity contribution is 5.78. The van der Waals surface area contributed by atoms with Crippen molar-refractivity contribution in [3.8, 4) is 11.5 Å². The van der Waals surface area contributed by atoms with E-state index in [2.05, 4.69) is 0 Å². The van der Waals surface area contributed by atoms with E-state index in [0.717, 1.165) is 19.3 Å². The molecule has 1 aromatic rings. The van der Waals surface area contributed by atoms with E-state index in [9.17, 15) is 18.0 Å². The van der Waals surface area contributed by atoms with Gasteiger partial charge in [0.15, 0.2) is 24.7 Å². The summed E-state index contributed by atoms with van der Waals surface area (Å²) in [6.07, 6.45) is -1.65. The van der Waals surface area contributed by atoms with E-state index in [1.54, 1.807) is 11.0 Å². The van der Waals surface area contributed by atoms with E-state index in [-0.39, 0.29) is 30.1 Å². The highest BCUT2D eigenvalue weighted by Crippen LogP contribution is 2.28. The molecule has 1 heterocycles. The Hall–Kier alpha value is -1.96.